The molecule has 0 aromatic carbocycles. The van der Waals surface area contributed by atoms with E-state index in [4.69, 9.17) is 4.42 Å². The summed E-state index contributed by atoms with van der Waals surface area (Å²) >= 11 is 0. The van der Waals surface area contributed by atoms with Gasteiger partial charge in [0.25, 0.3) is 0 Å². The summed E-state index contributed by atoms with van der Waals surface area (Å²) in [6, 6.07) is 2.54. The van der Waals surface area contributed by atoms with E-state index >= 15 is 0 Å². The molecule has 0 aliphatic rings. The molecule has 1 aromatic rings. The molecule has 0 aliphatic carbocycles. The Morgan fingerprint density at radius 2 is 2.13 bits per heavy atom. The van der Waals surface area contributed by atoms with E-state index in [0.29, 0.717) is 12.0 Å². The predicted octanol–water partition coefficient (Wildman–Crippen LogP) is 3.67. The molecule has 1 N–H and O–H groups in total. The monoisotopic (exact) mass is 209 g/mol. The molecule has 0 aliphatic heterocycles. The summed E-state index contributed by atoms with van der Waals surface area (Å²) in [6.07, 6.45) is 4.12. The fraction of sp³-hybridized carbons (Fsp3) is 0.692. The van der Waals surface area contributed by atoms with Crippen molar-refractivity contribution in [1.29, 1.82) is 0 Å². The van der Waals surface area contributed by atoms with Gasteiger partial charge in [-0.3, -0.25) is 0 Å². The zero-order valence-corrected chi connectivity index (χ0v) is 10.3. The van der Waals surface area contributed by atoms with Crippen molar-refractivity contribution in [2.75, 3.05) is 6.54 Å². The van der Waals surface area contributed by atoms with Crippen molar-refractivity contribution in [2.24, 2.45) is 5.92 Å². The van der Waals surface area contributed by atoms with E-state index in [0.717, 1.165) is 12.3 Å². The molecule has 1 heterocycles. The largest absolute Gasteiger partial charge is 0.469 e. The number of aryl methyl sites for hydroxylation is 1. The number of rotatable bonds is 6. The third kappa shape index (κ3) is 3.71. The van der Waals surface area contributed by atoms with E-state index in [1.807, 2.05) is 6.92 Å². The summed E-state index contributed by atoms with van der Waals surface area (Å²) in [6.45, 7) is 9.83. The van der Waals surface area contributed by atoms with E-state index < -0.39 is 0 Å². The molecule has 0 saturated carbocycles. The third-order valence-corrected chi connectivity index (χ3v) is 2.62. The molecule has 1 atom stereocenters. The summed E-state index contributed by atoms with van der Waals surface area (Å²) in [5.41, 5.74) is 1.32. The SMILES string of the molecule is CCCNC(CC(C)C)c1ccoc1C. The van der Waals surface area contributed by atoms with Crippen molar-refractivity contribution < 1.29 is 4.42 Å². The van der Waals surface area contributed by atoms with Gasteiger partial charge in [-0.1, -0.05) is 20.8 Å². The van der Waals surface area contributed by atoms with Gasteiger partial charge in [0.1, 0.15) is 5.76 Å². The van der Waals surface area contributed by atoms with Gasteiger partial charge < -0.3 is 9.73 Å². The van der Waals surface area contributed by atoms with Gasteiger partial charge >= 0.3 is 0 Å². The van der Waals surface area contributed by atoms with E-state index in [2.05, 4.69) is 32.2 Å². The lowest BCUT2D eigenvalue weighted by atomic mass is 9.97. The maximum absolute atomic E-state index is 5.37. The second-order valence-corrected chi connectivity index (χ2v) is 4.57. The van der Waals surface area contributed by atoms with E-state index in [1.54, 1.807) is 6.26 Å². The van der Waals surface area contributed by atoms with Crippen LogP contribution in [0, 0.1) is 12.8 Å². The second-order valence-electron chi connectivity index (χ2n) is 4.57. The van der Waals surface area contributed by atoms with Gasteiger partial charge in [0.05, 0.1) is 6.26 Å². The van der Waals surface area contributed by atoms with Crippen molar-refractivity contribution in [1.82, 2.24) is 5.32 Å². The molecular weight excluding hydrogens is 186 g/mol. The highest BCUT2D eigenvalue weighted by molar-refractivity contribution is 5.20. The minimum Gasteiger partial charge on any atom is -0.469 e. The maximum atomic E-state index is 5.37. The molecule has 2 nitrogen and oxygen atoms in total. The van der Waals surface area contributed by atoms with Crippen LogP contribution in [-0.2, 0) is 0 Å². The molecule has 1 aromatic heterocycles. The van der Waals surface area contributed by atoms with Gasteiger partial charge in [0, 0.05) is 11.6 Å². The zero-order valence-electron chi connectivity index (χ0n) is 10.3. The molecule has 0 radical (unpaired) electrons. The lowest BCUT2D eigenvalue weighted by Gasteiger charge is -2.20. The molecular formula is C13H23NO. The topological polar surface area (TPSA) is 25.2 Å². The van der Waals surface area contributed by atoms with Gasteiger partial charge in [-0.15, -0.1) is 0 Å². The first-order chi connectivity index (χ1) is 7.15. The van der Waals surface area contributed by atoms with Crippen LogP contribution < -0.4 is 5.32 Å². The standard InChI is InChI=1S/C13H23NO/c1-5-7-14-13(9-10(2)3)12-6-8-15-11(12)4/h6,8,10,13-14H,5,7,9H2,1-4H3. The van der Waals surface area contributed by atoms with Crippen LogP contribution >= 0.6 is 0 Å². The maximum Gasteiger partial charge on any atom is 0.105 e. The first-order valence-electron chi connectivity index (χ1n) is 5.92. The van der Waals surface area contributed by atoms with Crippen LogP contribution in [-0.4, -0.2) is 6.54 Å². The number of nitrogens with one attached hydrogen (secondary N) is 1. The lowest BCUT2D eigenvalue weighted by Crippen LogP contribution is -2.23. The lowest BCUT2D eigenvalue weighted by molar-refractivity contribution is 0.421. The molecule has 15 heavy (non-hydrogen) atoms. The number of hydrogen-bond donors (Lipinski definition) is 1. The zero-order chi connectivity index (χ0) is 11.3. The van der Waals surface area contributed by atoms with E-state index in [1.165, 1.54) is 18.4 Å². The predicted molar refractivity (Wildman–Crippen MR) is 63.9 cm³/mol. The van der Waals surface area contributed by atoms with Gasteiger partial charge in [-0.25, -0.2) is 0 Å². The molecule has 1 unspecified atom stereocenters. The van der Waals surface area contributed by atoms with Crippen LogP contribution in [0.25, 0.3) is 0 Å². The number of furan rings is 1. The van der Waals surface area contributed by atoms with Crippen molar-refractivity contribution in [3.05, 3.63) is 23.7 Å². The Hall–Kier alpha value is -0.760. The molecule has 0 bridgehead atoms. The third-order valence-electron chi connectivity index (χ3n) is 2.62. The Bertz CT molecular complexity index is 278. The van der Waals surface area contributed by atoms with E-state index in [-0.39, 0.29) is 0 Å². The van der Waals surface area contributed by atoms with Gasteiger partial charge in [-0.05, 0) is 38.3 Å². The van der Waals surface area contributed by atoms with Crippen LogP contribution in [0.1, 0.15) is 51.0 Å². The van der Waals surface area contributed by atoms with Crippen molar-refractivity contribution in [2.45, 2.75) is 46.6 Å². The summed E-state index contributed by atoms with van der Waals surface area (Å²) in [5, 5.41) is 3.58. The smallest absolute Gasteiger partial charge is 0.105 e. The average Bonchev–Trinajstić information content (AvgIpc) is 2.58. The Morgan fingerprint density at radius 3 is 2.60 bits per heavy atom. The number of hydrogen-bond acceptors (Lipinski definition) is 2. The molecule has 86 valence electrons. The van der Waals surface area contributed by atoms with Crippen LogP contribution in [0.4, 0.5) is 0 Å². The Balaban J connectivity index is 2.67. The fourth-order valence-electron chi connectivity index (χ4n) is 1.87. The van der Waals surface area contributed by atoms with Crippen LogP contribution in [0.3, 0.4) is 0 Å². The fourth-order valence-corrected chi connectivity index (χ4v) is 1.87. The second kappa shape index (κ2) is 5.96. The van der Waals surface area contributed by atoms with Crippen molar-refractivity contribution >= 4 is 0 Å². The highest BCUT2D eigenvalue weighted by atomic mass is 16.3. The van der Waals surface area contributed by atoms with Gasteiger partial charge in [0.2, 0.25) is 0 Å². The normalized spacial score (nSPS) is 13.4. The molecule has 0 spiro atoms. The minimum atomic E-state index is 0.448. The summed E-state index contributed by atoms with van der Waals surface area (Å²) in [4.78, 5) is 0. The summed E-state index contributed by atoms with van der Waals surface area (Å²) in [5.74, 6) is 1.75. The molecule has 2 heteroatoms. The Morgan fingerprint density at radius 1 is 1.40 bits per heavy atom. The average molecular weight is 209 g/mol. The van der Waals surface area contributed by atoms with E-state index in [9.17, 15) is 0 Å². The quantitative estimate of drug-likeness (QED) is 0.773. The summed E-state index contributed by atoms with van der Waals surface area (Å²) < 4.78 is 5.37. The van der Waals surface area contributed by atoms with Gasteiger partial charge in [0.15, 0.2) is 0 Å². The molecule has 0 fully saturated rings. The Labute approximate surface area is 93.1 Å². The first kappa shape index (κ1) is 12.3. The summed E-state index contributed by atoms with van der Waals surface area (Å²) in [7, 11) is 0. The van der Waals surface area contributed by atoms with Crippen LogP contribution in [0.2, 0.25) is 0 Å². The van der Waals surface area contributed by atoms with Crippen LogP contribution in [0.15, 0.2) is 16.7 Å². The van der Waals surface area contributed by atoms with Crippen LogP contribution in [0.5, 0.6) is 0 Å². The minimum absolute atomic E-state index is 0.448. The highest BCUT2D eigenvalue weighted by Gasteiger charge is 2.16. The van der Waals surface area contributed by atoms with Gasteiger partial charge in [-0.2, -0.15) is 0 Å². The Kier molecular flexibility index (Phi) is 4.89. The molecule has 1 rings (SSSR count). The first-order valence-corrected chi connectivity index (χ1v) is 5.92. The molecule has 0 saturated heterocycles. The highest BCUT2D eigenvalue weighted by Crippen LogP contribution is 2.24. The van der Waals surface area contributed by atoms with Crippen molar-refractivity contribution in [3.8, 4) is 0 Å². The van der Waals surface area contributed by atoms with Crippen molar-refractivity contribution in [3.63, 3.8) is 0 Å². The molecule has 0 amide bonds.